The van der Waals surface area contributed by atoms with Crippen LogP contribution in [0.5, 0.6) is 5.75 Å². The molecule has 0 bridgehead atoms. The lowest BCUT2D eigenvalue weighted by Crippen LogP contribution is -2.66. The molecule has 0 spiro atoms. The number of benzene rings is 1. The van der Waals surface area contributed by atoms with E-state index in [0.29, 0.717) is 39.0 Å². The number of unbranched alkanes of at least 4 members (excludes halogenated alkanes) is 4. The summed E-state index contributed by atoms with van der Waals surface area (Å²) in [7, 11) is -0.847. The molecule has 0 radical (unpaired) electrons. The topological polar surface area (TPSA) is 141 Å². The van der Waals surface area contributed by atoms with Crippen molar-refractivity contribution in [1.29, 1.82) is 0 Å². The van der Waals surface area contributed by atoms with Gasteiger partial charge in [0, 0.05) is 31.3 Å². The second kappa shape index (κ2) is 25.8. The Balaban J connectivity index is 2.10. The average Bonchev–Trinajstić information content (AvgIpc) is 3.19. The Bertz CT molecular complexity index is 1320. The summed E-state index contributed by atoms with van der Waals surface area (Å²) in [5.74, 6) is 1.09. The fourth-order valence-electron chi connectivity index (χ4n) is 7.08. The molecule has 2 fully saturated rings. The SMILES string of the molecule is CCCCOCC1O[C@@H](O[C@H]2C(OCc3ccc(OC)cc3)[C@H](N=[N+]=[N-])[C@@H](O[Si](C)(C)C(C)(C)C(C)C)O[C@H]2C)C(OCCCC)C(OCCCC)[C@@H]1OCCCC. The van der Waals surface area contributed by atoms with Gasteiger partial charge < -0.3 is 47.1 Å². The molecule has 2 aliphatic heterocycles. The molecular weight excluding hydrogens is 759 g/mol. The standard InChI is InChI=1S/C44H79N3O10Si/c1-13-17-25-49-30-35-38(50-26-18-14-2)40(51-27-19-15-3)41(52-28-20-16-4)43(55-35)56-37-32(7)54-42(57-58(11,12)44(8,9)31(5)6)36(46-47-45)39(37)53-29-33-21-23-34(48-10)24-22-33/h21-24,31-32,35-43H,13-20,25-30H2,1-12H3/t32-,35?,36-,37+,38+,39?,40?,41?,42+,43-/m0/s1. The number of hydrogen-bond acceptors (Lipinski definition) is 11. The second-order valence-electron chi connectivity index (χ2n) is 17.2. The summed E-state index contributed by atoms with van der Waals surface area (Å²) in [6.45, 7) is 26.5. The van der Waals surface area contributed by atoms with Crippen LogP contribution in [0, 0.1) is 5.92 Å². The van der Waals surface area contributed by atoms with Gasteiger partial charge in [0.15, 0.2) is 20.9 Å². The lowest BCUT2D eigenvalue weighted by Gasteiger charge is -2.51. The molecule has 0 saturated carbocycles. The Kier molecular flexibility index (Phi) is 22.5. The molecule has 1 aromatic rings. The van der Waals surface area contributed by atoms with Gasteiger partial charge in [0.2, 0.25) is 0 Å². The number of nitrogens with zero attached hydrogens (tertiary/aromatic N) is 3. The highest BCUT2D eigenvalue weighted by molar-refractivity contribution is 6.74. The van der Waals surface area contributed by atoms with Crippen LogP contribution in [0.2, 0.25) is 18.1 Å². The molecule has 10 atom stereocenters. The summed E-state index contributed by atoms with van der Waals surface area (Å²) in [5, 5.41) is 4.22. The molecule has 3 rings (SSSR count). The molecule has 0 amide bonds. The van der Waals surface area contributed by atoms with Crippen LogP contribution >= 0.6 is 0 Å². The van der Waals surface area contributed by atoms with Gasteiger partial charge in [-0.05, 0) is 79.9 Å². The molecule has 2 saturated heterocycles. The summed E-state index contributed by atoms with van der Waals surface area (Å²) in [6, 6.07) is 6.82. The minimum Gasteiger partial charge on any atom is -0.497 e. The zero-order valence-electron chi connectivity index (χ0n) is 38.0. The van der Waals surface area contributed by atoms with Gasteiger partial charge in [-0.15, -0.1) is 0 Å². The van der Waals surface area contributed by atoms with Gasteiger partial charge >= 0.3 is 0 Å². The second-order valence-corrected chi connectivity index (χ2v) is 21.7. The third-order valence-electron chi connectivity index (χ3n) is 12.2. The van der Waals surface area contributed by atoms with Crippen LogP contribution in [0.25, 0.3) is 10.4 Å². The fourth-order valence-corrected chi connectivity index (χ4v) is 9.55. The minimum absolute atomic E-state index is 0.122. The van der Waals surface area contributed by atoms with Crippen LogP contribution in [-0.4, -0.2) is 110 Å². The van der Waals surface area contributed by atoms with Crippen molar-refractivity contribution in [1.82, 2.24) is 0 Å². The van der Waals surface area contributed by atoms with E-state index < -0.39 is 69.7 Å². The van der Waals surface area contributed by atoms with Crippen molar-refractivity contribution in [2.24, 2.45) is 11.0 Å². The molecule has 14 heteroatoms. The van der Waals surface area contributed by atoms with E-state index in [0.717, 1.165) is 62.7 Å². The van der Waals surface area contributed by atoms with Crippen molar-refractivity contribution in [2.75, 3.05) is 40.1 Å². The molecule has 2 heterocycles. The zero-order valence-corrected chi connectivity index (χ0v) is 39.0. The first-order chi connectivity index (χ1) is 27.8. The van der Waals surface area contributed by atoms with E-state index in [9.17, 15) is 5.53 Å². The summed E-state index contributed by atoms with van der Waals surface area (Å²) in [5.41, 5.74) is 11.0. The smallest absolute Gasteiger partial charge is 0.196 e. The number of rotatable bonds is 28. The van der Waals surface area contributed by atoms with Crippen molar-refractivity contribution < 1.29 is 47.1 Å². The molecule has 58 heavy (non-hydrogen) atoms. The van der Waals surface area contributed by atoms with Crippen LogP contribution in [-0.2, 0) is 48.9 Å². The maximum atomic E-state index is 10.0. The molecular formula is C44H79N3O10Si. The maximum absolute atomic E-state index is 10.0. The quantitative estimate of drug-likeness (QED) is 0.0263. The monoisotopic (exact) mass is 838 g/mol. The fraction of sp³-hybridized carbons (Fsp3) is 0.864. The number of azide groups is 1. The van der Waals surface area contributed by atoms with E-state index in [1.807, 2.05) is 31.2 Å². The Morgan fingerprint density at radius 2 is 1.33 bits per heavy atom. The molecule has 13 nitrogen and oxygen atoms in total. The number of ether oxygens (including phenoxy) is 9. The Labute approximate surface area is 351 Å². The minimum atomic E-state index is -2.49. The third-order valence-corrected chi connectivity index (χ3v) is 16.7. The van der Waals surface area contributed by atoms with Crippen LogP contribution in [0.15, 0.2) is 29.4 Å². The maximum Gasteiger partial charge on any atom is 0.196 e. The van der Waals surface area contributed by atoms with Gasteiger partial charge in [-0.25, -0.2) is 0 Å². The highest BCUT2D eigenvalue weighted by Gasteiger charge is 2.55. The molecule has 1 aromatic carbocycles. The summed E-state index contributed by atoms with van der Waals surface area (Å²) in [6.07, 6.45) is 1.62. The highest BCUT2D eigenvalue weighted by Crippen LogP contribution is 2.46. The van der Waals surface area contributed by atoms with Crippen LogP contribution in [0.4, 0.5) is 0 Å². The molecule has 0 aromatic heterocycles. The summed E-state index contributed by atoms with van der Waals surface area (Å²) in [4.78, 5) is 3.32. The van der Waals surface area contributed by atoms with Crippen molar-refractivity contribution in [3.05, 3.63) is 40.3 Å². The highest BCUT2D eigenvalue weighted by atomic mass is 28.4. The van der Waals surface area contributed by atoms with E-state index in [-0.39, 0.29) is 11.6 Å². The Hall–Kier alpha value is -1.81. The van der Waals surface area contributed by atoms with E-state index in [2.05, 4.69) is 78.5 Å². The summed E-state index contributed by atoms with van der Waals surface area (Å²) >= 11 is 0. The molecule has 0 aliphatic carbocycles. The van der Waals surface area contributed by atoms with Gasteiger partial charge in [0.05, 0.1) is 26.4 Å². The molecule has 0 N–H and O–H groups in total. The Morgan fingerprint density at radius 3 is 1.88 bits per heavy atom. The lowest BCUT2D eigenvalue weighted by atomic mass is 9.95. The van der Waals surface area contributed by atoms with Crippen molar-refractivity contribution in [3.8, 4) is 5.75 Å². The van der Waals surface area contributed by atoms with E-state index >= 15 is 0 Å². The summed E-state index contributed by atoms with van der Waals surface area (Å²) < 4.78 is 66.2. The first kappa shape index (κ1) is 50.5. The lowest BCUT2D eigenvalue weighted by molar-refractivity contribution is -0.356. The van der Waals surface area contributed by atoms with Gasteiger partial charge in [0.25, 0.3) is 0 Å². The van der Waals surface area contributed by atoms with Crippen molar-refractivity contribution >= 4 is 8.32 Å². The average molecular weight is 838 g/mol. The Morgan fingerprint density at radius 1 is 0.759 bits per heavy atom. The van der Waals surface area contributed by atoms with Crippen LogP contribution in [0.3, 0.4) is 0 Å². The van der Waals surface area contributed by atoms with Gasteiger partial charge in [-0.2, -0.15) is 0 Å². The van der Waals surface area contributed by atoms with Crippen molar-refractivity contribution in [2.45, 2.75) is 200 Å². The molecule has 4 unspecified atom stereocenters. The molecule has 334 valence electrons. The van der Waals surface area contributed by atoms with Gasteiger partial charge in [0.1, 0.15) is 48.4 Å². The van der Waals surface area contributed by atoms with E-state index in [1.165, 1.54) is 0 Å². The van der Waals surface area contributed by atoms with Gasteiger partial charge in [-0.1, -0.05) is 98.3 Å². The van der Waals surface area contributed by atoms with Crippen molar-refractivity contribution in [3.63, 3.8) is 0 Å². The van der Waals surface area contributed by atoms with E-state index in [4.69, 9.17) is 47.1 Å². The predicted octanol–water partition coefficient (Wildman–Crippen LogP) is 10.1. The van der Waals surface area contributed by atoms with E-state index in [1.54, 1.807) is 7.11 Å². The zero-order chi connectivity index (χ0) is 42.7. The third kappa shape index (κ3) is 14.4. The van der Waals surface area contributed by atoms with Crippen LogP contribution < -0.4 is 4.74 Å². The molecule has 2 aliphatic rings. The number of methoxy groups -OCH3 is 1. The van der Waals surface area contributed by atoms with Gasteiger partial charge in [-0.3, -0.25) is 0 Å². The first-order valence-electron chi connectivity index (χ1n) is 22.1. The normalized spacial score (nSPS) is 28.1. The number of hydrogen-bond donors (Lipinski definition) is 0. The largest absolute Gasteiger partial charge is 0.497 e. The first-order valence-corrected chi connectivity index (χ1v) is 25.1. The predicted molar refractivity (Wildman–Crippen MR) is 229 cm³/mol. The van der Waals surface area contributed by atoms with Crippen LogP contribution in [0.1, 0.15) is 119 Å².